The molecule has 4 heteroatoms. The zero-order valence-corrected chi connectivity index (χ0v) is 11.3. The van der Waals surface area contributed by atoms with Crippen molar-refractivity contribution >= 4 is 32.6 Å². The van der Waals surface area contributed by atoms with Crippen LogP contribution in [0.4, 0.5) is 5.13 Å². The van der Waals surface area contributed by atoms with Gasteiger partial charge in [0, 0.05) is 5.92 Å². The molecule has 0 fully saturated rings. The summed E-state index contributed by atoms with van der Waals surface area (Å²) in [6.07, 6.45) is 0. The predicted octanol–water partition coefficient (Wildman–Crippen LogP) is 3.51. The lowest BCUT2D eigenvalue weighted by Gasteiger charge is -2.02. The molecule has 1 heterocycles. The zero-order valence-electron chi connectivity index (χ0n) is 10.5. The molecule has 2 aromatic rings. The van der Waals surface area contributed by atoms with Gasteiger partial charge in [0.05, 0.1) is 10.2 Å². The first kappa shape index (κ1) is 12.0. The Labute approximate surface area is 105 Å². The number of aryl methyl sites for hydroxylation is 2. The van der Waals surface area contributed by atoms with Gasteiger partial charge in [0.25, 0.3) is 0 Å². The van der Waals surface area contributed by atoms with Crippen LogP contribution >= 0.6 is 11.3 Å². The van der Waals surface area contributed by atoms with Crippen molar-refractivity contribution in [3.05, 3.63) is 23.3 Å². The maximum absolute atomic E-state index is 11.6. The standard InChI is InChI=1S/C13H16N2OS/c1-7(2)12(16)15-13-14-11-9(4)5-8(3)6-10(11)17-13/h5-7H,1-4H3,(H,14,15,16). The van der Waals surface area contributed by atoms with Gasteiger partial charge in [-0.2, -0.15) is 0 Å². The van der Waals surface area contributed by atoms with Crippen LogP contribution in [-0.4, -0.2) is 10.9 Å². The summed E-state index contributed by atoms with van der Waals surface area (Å²) >= 11 is 1.53. The molecule has 0 atom stereocenters. The Morgan fingerprint density at radius 1 is 1.35 bits per heavy atom. The van der Waals surface area contributed by atoms with E-state index in [4.69, 9.17) is 0 Å². The minimum atomic E-state index is -0.0233. The fourth-order valence-electron chi connectivity index (χ4n) is 1.67. The van der Waals surface area contributed by atoms with Gasteiger partial charge < -0.3 is 5.32 Å². The molecular formula is C13H16N2OS. The summed E-state index contributed by atoms with van der Waals surface area (Å²) in [5.74, 6) is -0.0109. The monoisotopic (exact) mass is 248 g/mol. The predicted molar refractivity (Wildman–Crippen MR) is 72.6 cm³/mol. The van der Waals surface area contributed by atoms with Crippen molar-refractivity contribution in [1.82, 2.24) is 4.98 Å². The molecule has 0 bridgehead atoms. The molecule has 0 spiro atoms. The third-order valence-corrected chi connectivity index (χ3v) is 3.50. The second kappa shape index (κ2) is 4.45. The highest BCUT2D eigenvalue weighted by Crippen LogP contribution is 2.29. The Balaban J connectivity index is 2.38. The van der Waals surface area contributed by atoms with E-state index < -0.39 is 0 Å². The smallest absolute Gasteiger partial charge is 0.228 e. The Kier molecular flexibility index (Phi) is 3.15. The van der Waals surface area contributed by atoms with E-state index in [1.165, 1.54) is 16.9 Å². The third-order valence-electron chi connectivity index (χ3n) is 2.58. The first-order chi connectivity index (χ1) is 7.97. The summed E-state index contributed by atoms with van der Waals surface area (Å²) in [6.45, 7) is 7.86. The van der Waals surface area contributed by atoms with Gasteiger partial charge in [-0.3, -0.25) is 4.79 Å². The molecule has 2 rings (SSSR count). The summed E-state index contributed by atoms with van der Waals surface area (Å²) in [6, 6.07) is 4.21. The molecule has 0 aliphatic heterocycles. The maximum Gasteiger partial charge on any atom is 0.228 e. The molecule has 90 valence electrons. The molecule has 0 saturated heterocycles. The van der Waals surface area contributed by atoms with E-state index in [1.807, 2.05) is 20.8 Å². The number of fused-ring (bicyclic) bond motifs is 1. The average Bonchev–Trinajstić information content (AvgIpc) is 2.60. The first-order valence-corrected chi connectivity index (χ1v) is 6.47. The van der Waals surface area contributed by atoms with Gasteiger partial charge in [0.15, 0.2) is 5.13 Å². The van der Waals surface area contributed by atoms with Crippen LogP contribution in [0.25, 0.3) is 10.2 Å². The van der Waals surface area contributed by atoms with Crippen molar-refractivity contribution in [2.24, 2.45) is 5.92 Å². The van der Waals surface area contributed by atoms with Crippen molar-refractivity contribution in [3.63, 3.8) is 0 Å². The van der Waals surface area contributed by atoms with Crippen LogP contribution in [0.1, 0.15) is 25.0 Å². The van der Waals surface area contributed by atoms with Crippen molar-refractivity contribution < 1.29 is 4.79 Å². The Morgan fingerprint density at radius 3 is 2.71 bits per heavy atom. The highest BCUT2D eigenvalue weighted by Gasteiger charge is 2.11. The van der Waals surface area contributed by atoms with Gasteiger partial charge in [0.2, 0.25) is 5.91 Å². The number of aromatic nitrogens is 1. The van der Waals surface area contributed by atoms with E-state index in [-0.39, 0.29) is 11.8 Å². The molecule has 0 aliphatic carbocycles. The molecule has 1 N–H and O–H groups in total. The molecule has 1 amide bonds. The summed E-state index contributed by atoms with van der Waals surface area (Å²) in [5.41, 5.74) is 3.36. The molecule has 1 aromatic heterocycles. The number of hydrogen-bond acceptors (Lipinski definition) is 3. The number of carbonyl (C=O) groups excluding carboxylic acids is 1. The van der Waals surface area contributed by atoms with Gasteiger partial charge in [-0.25, -0.2) is 4.98 Å². The summed E-state index contributed by atoms with van der Waals surface area (Å²) < 4.78 is 1.13. The molecular weight excluding hydrogens is 232 g/mol. The Hall–Kier alpha value is -1.42. The lowest BCUT2D eigenvalue weighted by atomic mass is 10.1. The van der Waals surface area contributed by atoms with E-state index in [2.05, 4.69) is 29.4 Å². The number of thiazole rings is 1. The normalized spacial score (nSPS) is 11.1. The number of rotatable bonds is 2. The van der Waals surface area contributed by atoms with Crippen LogP contribution in [0.5, 0.6) is 0 Å². The maximum atomic E-state index is 11.6. The van der Waals surface area contributed by atoms with Crippen LogP contribution in [-0.2, 0) is 4.79 Å². The number of hydrogen-bond donors (Lipinski definition) is 1. The van der Waals surface area contributed by atoms with E-state index in [9.17, 15) is 4.79 Å². The lowest BCUT2D eigenvalue weighted by molar-refractivity contribution is -0.118. The number of benzene rings is 1. The van der Waals surface area contributed by atoms with Crippen LogP contribution in [0.2, 0.25) is 0 Å². The van der Waals surface area contributed by atoms with E-state index >= 15 is 0 Å². The lowest BCUT2D eigenvalue weighted by Crippen LogP contribution is -2.17. The molecule has 1 aromatic carbocycles. The summed E-state index contributed by atoms with van der Waals surface area (Å²) in [5, 5.41) is 3.53. The van der Waals surface area contributed by atoms with Crippen molar-refractivity contribution in [2.45, 2.75) is 27.7 Å². The van der Waals surface area contributed by atoms with Gasteiger partial charge in [-0.15, -0.1) is 0 Å². The van der Waals surface area contributed by atoms with Gasteiger partial charge >= 0.3 is 0 Å². The van der Waals surface area contributed by atoms with Crippen molar-refractivity contribution in [1.29, 1.82) is 0 Å². The molecule has 0 saturated carbocycles. The molecule has 0 unspecified atom stereocenters. The topological polar surface area (TPSA) is 42.0 Å². The number of nitrogens with one attached hydrogen (secondary N) is 1. The summed E-state index contributed by atoms with van der Waals surface area (Å²) in [4.78, 5) is 16.1. The largest absolute Gasteiger partial charge is 0.302 e. The van der Waals surface area contributed by atoms with Crippen LogP contribution in [0.3, 0.4) is 0 Å². The minimum absolute atomic E-state index is 0.0124. The quantitative estimate of drug-likeness (QED) is 0.883. The summed E-state index contributed by atoms with van der Waals surface area (Å²) in [7, 11) is 0. The second-order valence-corrected chi connectivity index (χ2v) is 5.62. The van der Waals surface area contributed by atoms with Crippen molar-refractivity contribution in [3.8, 4) is 0 Å². The number of amides is 1. The third kappa shape index (κ3) is 2.47. The minimum Gasteiger partial charge on any atom is -0.302 e. The van der Waals surface area contributed by atoms with Gasteiger partial charge in [-0.05, 0) is 31.0 Å². The number of nitrogens with zero attached hydrogens (tertiary/aromatic N) is 1. The van der Waals surface area contributed by atoms with E-state index in [1.54, 1.807) is 0 Å². The van der Waals surface area contributed by atoms with Crippen molar-refractivity contribution in [2.75, 3.05) is 5.32 Å². The molecule has 17 heavy (non-hydrogen) atoms. The van der Waals surface area contributed by atoms with Gasteiger partial charge in [0.1, 0.15) is 0 Å². The molecule has 0 radical (unpaired) electrons. The SMILES string of the molecule is Cc1cc(C)c2nc(NC(=O)C(C)C)sc2c1. The zero-order chi connectivity index (χ0) is 12.6. The second-order valence-electron chi connectivity index (χ2n) is 4.59. The van der Waals surface area contributed by atoms with Gasteiger partial charge in [-0.1, -0.05) is 31.3 Å². The Morgan fingerprint density at radius 2 is 2.06 bits per heavy atom. The Bertz CT molecular complexity index is 572. The molecule has 0 aliphatic rings. The number of carbonyl (C=O) groups is 1. The first-order valence-electron chi connectivity index (χ1n) is 5.66. The highest BCUT2D eigenvalue weighted by molar-refractivity contribution is 7.22. The fourth-order valence-corrected chi connectivity index (χ4v) is 2.72. The fraction of sp³-hybridized carbons (Fsp3) is 0.385. The van der Waals surface area contributed by atoms with Crippen LogP contribution in [0.15, 0.2) is 12.1 Å². The highest BCUT2D eigenvalue weighted by atomic mass is 32.1. The number of anilines is 1. The average molecular weight is 248 g/mol. The van der Waals surface area contributed by atoms with Crippen LogP contribution < -0.4 is 5.32 Å². The van der Waals surface area contributed by atoms with E-state index in [0.29, 0.717) is 5.13 Å². The molecule has 3 nitrogen and oxygen atoms in total. The van der Waals surface area contributed by atoms with E-state index in [0.717, 1.165) is 15.8 Å². The van der Waals surface area contributed by atoms with Crippen LogP contribution in [0, 0.1) is 19.8 Å².